The molecule has 3 aromatic heterocycles. The van der Waals surface area contributed by atoms with Crippen molar-refractivity contribution in [2.45, 2.75) is 25.9 Å². The van der Waals surface area contributed by atoms with E-state index < -0.39 is 0 Å². The topological polar surface area (TPSA) is 96.7 Å². The Kier molecular flexibility index (Phi) is 5.10. The molecule has 0 unspecified atom stereocenters. The number of hydrogen-bond acceptors (Lipinski definition) is 7. The van der Waals surface area contributed by atoms with Crippen LogP contribution in [-0.4, -0.2) is 57.5 Å². The van der Waals surface area contributed by atoms with Gasteiger partial charge in [-0.1, -0.05) is 0 Å². The van der Waals surface area contributed by atoms with E-state index >= 15 is 0 Å². The molecule has 1 fully saturated rings. The molecule has 1 aromatic carbocycles. The minimum absolute atomic E-state index is 0.226. The number of rotatable bonds is 4. The summed E-state index contributed by atoms with van der Waals surface area (Å²) in [5, 5.41) is 7.34. The maximum absolute atomic E-state index is 13.2. The van der Waals surface area contributed by atoms with Crippen molar-refractivity contribution in [3.63, 3.8) is 0 Å². The number of nitrogens with zero attached hydrogens (tertiary/aromatic N) is 5. The lowest BCUT2D eigenvalue weighted by Crippen LogP contribution is -2.54. The number of amides is 1. The number of anilines is 2. The molecule has 2 N–H and O–H groups in total. The fourth-order valence-electron chi connectivity index (χ4n) is 4.36. The summed E-state index contributed by atoms with van der Waals surface area (Å²) in [6, 6.07) is 8.41. The lowest BCUT2D eigenvalue weighted by atomic mass is 10.0. The van der Waals surface area contributed by atoms with E-state index in [0.717, 1.165) is 29.8 Å². The molecule has 1 saturated heterocycles. The van der Waals surface area contributed by atoms with Gasteiger partial charge in [-0.3, -0.25) is 4.79 Å². The second-order valence-electron chi connectivity index (χ2n) is 8.19. The minimum atomic E-state index is -0.250. The summed E-state index contributed by atoms with van der Waals surface area (Å²) in [6.07, 6.45) is 7.17. The van der Waals surface area contributed by atoms with Gasteiger partial charge in [0, 0.05) is 72.8 Å². The first-order valence-electron chi connectivity index (χ1n) is 10.6. The second kappa shape index (κ2) is 8.08. The highest BCUT2D eigenvalue weighted by Gasteiger charge is 2.24. The number of carbonyl (C=O) groups is 1. The van der Waals surface area contributed by atoms with Gasteiger partial charge in [-0.2, -0.15) is 4.98 Å². The van der Waals surface area contributed by atoms with Gasteiger partial charge < -0.3 is 24.7 Å². The average molecular weight is 432 g/mol. The van der Waals surface area contributed by atoms with E-state index in [4.69, 9.17) is 4.74 Å². The number of methoxy groups -OCH3 is 1. The van der Waals surface area contributed by atoms with E-state index in [1.54, 1.807) is 12.4 Å². The third-order valence-electron chi connectivity index (χ3n) is 5.69. The number of hydrogen-bond donors (Lipinski definition) is 2. The van der Waals surface area contributed by atoms with E-state index in [-0.39, 0.29) is 11.9 Å². The Hall–Kier alpha value is -3.72. The third-order valence-corrected chi connectivity index (χ3v) is 5.69. The highest BCUT2D eigenvalue weighted by Crippen LogP contribution is 2.31. The van der Waals surface area contributed by atoms with Crippen LogP contribution in [0.5, 0.6) is 6.01 Å². The van der Waals surface area contributed by atoms with Crippen LogP contribution >= 0.6 is 0 Å². The molecule has 1 aliphatic rings. The number of carbonyl (C=O) groups excluding carboxylic acids is 1. The number of imidazole rings is 1. The molecule has 0 spiro atoms. The van der Waals surface area contributed by atoms with Gasteiger partial charge in [0.25, 0.3) is 5.91 Å². The van der Waals surface area contributed by atoms with Crippen molar-refractivity contribution in [2.24, 2.45) is 0 Å². The van der Waals surface area contributed by atoms with E-state index in [1.165, 1.54) is 7.11 Å². The molecule has 9 nitrogen and oxygen atoms in total. The summed E-state index contributed by atoms with van der Waals surface area (Å²) in [6.45, 7) is 6.06. The molecule has 32 heavy (non-hydrogen) atoms. The molecule has 5 rings (SSSR count). The zero-order valence-electron chi connectivity index (χ0n) is 18.2. The number of nitrogens with one attached hydrogen (secondary N) is 2. The summed E-state index contributed by atoms with van der Waals surface area (Å²) in [7, 11) is 1.52. The predicted molar refractivity (Wildman–Crippen MR) is 124 cm³/mol. The average Bonchev–Trinajstić information content (AvgIpc) is 3.25. The molecule has 4 heterocycles. The predicted octanol–water partition coefficient (Wildman–Crippen LogP) is 2.73. The summed E-state index contributed by atoms with van der Waals surface area (Å²) in [4.78, 5) is 28.7. The molecule has 0 aliphatic carbocycles. The van der Waals surface area contributed by atoms with Gasteiger partial charge in [0.1, 0.15) is 5.65 Å². The van der Waals surface area contributed by atoms with Crippen molar-refractivity contribution in [3.05, 3.63) is 54.6 Å². The molecule has 4 aromatic rings. The Morgan fingerprint density at radius 1 is 1.16 bits per heavy atom. The van der Waals surface area contributed by atoms with E-state index in [9.17, 15) is 4.79 Å². The van der Waals surface area contributed by atoms with Crippen LogP contribution < -0.4 is 20.3 Å². The third kappa shape index (κ3) is 3.71. The number of benzene rings is 1. The summed E-state index contributed by atoms with van der Waals surface area (Å²) in [5.41, 5.74) is 3.46. The number of fused-ring (bicyclic) bond motifs is 2. The van der Waals surface area contributed by atoms with Crippen LogP contribution in [0.25, 0.3) is 16.6 Å². The smallest absolute Gasteiger partial charge is 0.316 e. The molecule has 9 heteroatoms. The fraction of sp³-hybridized carbons (Fsp3) is 0.304. The Bertz CT molecular complexity index is 1290. The summed E-state index contributed by atoms with van der Waals surface area (Å²) in [5.74, 6) is -0.250. The summed E-state index contributed by atoms with van der Waals surface area (Å²) < 4.78 is 7.13. The number of piperazine rings is 1. The van der Waals surface area contributed by atoms with Crippen LogP contribution in [0.4, 0.5) is 11.4 Å². The van der Waals surface area contributed by atoms with Crippen molar-refractivity contribution >= 4 is 33.8 Å². The molecule has 0 saturated carbocycles. The molecule has 0 radical (unpaired) electrons. The first-order valence-corrected chi connectivity index (χ1v) is 10.6. The van der Waals surface area contributed by atoms with Gasteiger partial charge in [0.15, 0.2) is 0 Å². The van der Waals surface area contributed by atoms with Crippen molar-refractivity contribution in [3.8, 4) is 6.01 Å². The molecule has 1 aliphatic heterocycles. The lowest BCUT2D eigenvalue weighted by molar-refractivity contribution is 0.102. The van der Waals surface area contributed by atoms with Gasteiger partial charge in [-0.05, 0) is 32.0 Å². The standard InChI is InChI=1S/C23H25N7O2/c1-14-12-30(13-15(2)26-14)19-5-4-17(21-18(19)11-25-23(28-21)32-3)22(31)27-16-6-8-29-9-7-24-20(29)10-16/h4-11,14-15,26H,12-13H2,1-3H3,(H,27,31)/t14-,15+. The van der Waals surface area contributed by atoms with Crippen LogP contribution in [0.15, 0.2) is 49.1 Å². The maximum Gasteiger partial charge on any atom is 0.316 e. The van der Waals surface area contributed by atoms with E-state index in [1.807, 2.05) is 41.1 Å². The van der Waals surface area contributed by atoms with Crippen LogP contribution in [-0.2, 0) is 0 Å². The maximum atomic E-state index is 13.2. The largest absolute Gasteiger partial charge is 0.467 e. The van der Waals surface area contributed by atoms with Gasteiger partial charge in [-0.15, -0.1) is 0 Å². The first-order chi connectivity index (χ1) is 15.5. The molecule has 1 amide bonds. The quantitative estimate of drug-likeness (QED) is 0.513. The van der Waals surface area contributed by atoms with Gasteiger partial charge in [0.05, 0.1) is 18.2 Å². The Morgan fingerprint density at radius 3 is 2.75 bits per heavy atom. The first kappa shape index (κ1) is 20.2. The van der Waals surface area contributed by atoms with Crippen molar-refractivity contribution in [1.29, 1.82) is 0 Å². The SMILES string of the molecule is COc1ncc2c(N3C[C@@H](C)N[C@@H](C)C3)ccc(C(=O)Nc3ccn4ccnc4c3)c2n1. The van der Waals surface area contributed by atoms with E-state index in [2.05, 4.69) is 44.3 Å². The fourth-order valence-corrected chi connectivity index (χ4v) is 4.36. The van der Waals surface area contributed by atoms with Crippen LogP contribution in [0.3, 0.4) is 0 Å². The monoisotopic (exact) mass is 431 g/mol. The molecular formula is C23H25N7O2. The number of pyridine rings is 1. The Morgan fingerprint density at radius 2 is 1.97 bits per heavy atom. The molecule has 164 valence electrons. The van der Waals surface area contributed by atoms with Crippen molar-refractivity contribution < 1.29 is 9.53 Å². The zero-order chi connectivity index (χ0) is 22.2. The number of aromatic nitrogens is 4. The summed E-state index contributed by atoms with van der Waals surface area (Å²) >= 11 is 0. The Balaban J connectivity index is 1.54. The number of ether oxygens (including phenoxy) is 1. The van der Waals surface area contributed by atoms with Crippen LogP contribution in [0, 0.1) is 0 Å². The molecule has 2 atom stereocenters. The second-order valence-corrected chi connectivity index (χ2v) is 8.19. The van der Waals surface area contributed by atoms with Crippen LogP contribution in [0.2, 0.25) is 0 Å². The lowest BCUT2D eigenvalue weighted by Gasteiger charge is -2.38. The van der Waals surface area contributed by atoms with Crippen molar-refractivity contribution in [2.75, 3.05) is 30.4 Å². The van der Waals surface area contributed by atoms with Gasteiger partial charge in [-0.25, -0.2) is 9.97 Å². The van der Waals surface area contributed by atoms with Gasteiger partial charge >= 0.3 is 6.01 Å². The zero-order valence-corrected chi connectivity index (χ0v) is 18.2. The Labute approximate surface area is 185 Å². The highest BCUT2D eigenvalue weighted by molar-refractivity contribution is 6.14. The van der Waals surface area contributed by atoms with Crippen molar-refractivity contribution in [1.82, 2.24) is 24.7 Å². The van der Waals surface area contributed by atoms with Crippen LogP contribution in [0.1, 0.15) is 24.2 Å². The normalized spacial score (nSPS) is 18.8. The van der Waals surface area contributed by atoms with E-state index in [0.29, 0.717) is 28.9 Å². The molecule has 0 bridgehead atoms. The highest BCUT2D eigenvalue weighted by atomic mass is 16.5. The minimum Gasteiger partial charge on any atom is -0.467 e. The molecular weight excluding hydrogens is 406 g/mol. The van der Waals surface area contributed by atoms with Gasteiger partial charge in [0.2, 0.25) is 0 Å².